The highest BCUT2D eigenvalue weighted by Crippen LogP contribution is 2.34. The van der Waals surface area contributed by atoms with Crippen LogP contribution in [-0.2, 0) is 6.42 Å². The van der Waals surface area contributed by atoms with E-state index in [4.69, 9.17) is 0 Å². The fraction of sp³-hybridized carbons (Fsp3) is 0.500. The Morgan fingerprint density at radius 2 is 1.50 bits per heavy atom. The van der Waals surface area contributed by atoms with Crippen LogP contribution < -0.4 is 0 Å². The third-order valence-electron chi connectivity index (χ3n) is 5.64. The van der Waals surface area contributed by atoms with Crippen LogP contribution in [0.25, 0.3) is 16.7 Å². The second-order valence-corrected chi connectivity index (χ2v) is 8.93. The Balaban J connectivity index is 1.59. The Bertz CT molecular complexity index is 844. The van der Waals surface area contributed by atoms with Gasteiger partial charge in [0, 0.05) is 0 Å². The number of nitrogens with zero attached hydrogens (tertiary/aromatic N) is 3. The van der Waals surface area contributed by atoms with E-state index in [1.165, 1.54) is 12.8 Å². The molecule has 1 heterocycles. The van der Waals surface area contributed by atoms with Gasteiger partial charge in [-0.2, -0.15) is 4.80 Å². The molecule has 4 heteroatoms. The van der Waals surface area contributed by atoms with Gasteiger partial charge in [0.25, 0.3) is 0 Å². The maximum Gasteiger partial charge on any atom is 0.113 e. The van der Waals surface area contributed by atoms with E-state index in [-0.39, 0.29) is 6.10 Å². The van der Waals surface area contributed by atoms with Crippen LogP contribution in [0.2, 0.25) is 0 Å². The third kappa shape index (κ3) is 5.20. The largest absolute Gasteiger partial charge is 0.393 e. The summed E-state index contributed by atoms with van der Waals surface area (Å²) in [5.41, 5.74) is 4.17. The van der Waals surface area contributed by atoms with E-state index < -0.39 is 0 Å². The first-order valence-corrected chi connectivity index (χ1v) is 10.5. The number of hydrogen-bond donors (Lipinski definition) is 1. The summed E-state index contributed by atoms with van der Waals surface area (Å²) in [5, 5.41) is 19.6. The first kappa shape index (κ1) is 20.5. The van der Waals surface area contributed by atoms with E-state index in [2.05, 4.69) is 50.0 Å². The predicted octanol–water partition coefficient (Wildman–Crippen LogP) is 5.57. The Morgan fingerprint density at radius 1 is 0.893 bits per heavy atom. The summed E-state index contributed by atoms with van der Waals surface area (Å²) >= 11 is 0. The van der Waals surface area contributed by atoms with Crippen LogP contribution >= 0.6 is 0 Å². The van der Waals surface area contributed by atoms with Crippen LogP contribution in [0.5, 0.6) is 0 Å². The number of hydrogen-bond acceptors (Lipinski definition) is 3. The average molecular weight is 380 g/mol. The van der Waals surface area contributed by atoms with Crippen molar-refractivity contribution in [3.63, 3.8) is 0 Å². The van der Waals surface area contributed by atoms with Crippen LogP contribution in [-0.4, -0.2) is 26.2 Å². The first-order chi connectivity index (χ1) is 13.4. The number of aromatic nitrogens is 3. The van der Waals surface area contributed by atoms with Gasteiger partial charge in [-0.1, -0.05) is 64.8 Å². The van der Waals surface area contributed by atoms with E-state index in [9.17, 15) is 5.11 Å². The lowest BCUT2D eigenvalue weighted by atomic mass is 9.75. The molecule has 3 aromatic rings. The minimum absolute atomic E-state index is 0.294. The summed E-state index contributed by atoms with van der Waals surface area (Å²) in [6.45, 7) is 9.18. The number of aliphatic hydroxyl groups is 1. The normalized spacial score (nSPS) is 14.3. The summed E-state index contributed by atoms with van der Waals surface area (Å²) in [5.74, 6) is 0.662. The quantitative estimate of drug-likeness (QED) is 0.557. The zero-order valence-corrected chi connectivity index (χ0v) is 17.6. The van der Waals surface area contributed by atoms with Crippen molar-refractivity contribution in [3.8, 4) is 5.69 Å². The van der Waals surface area contributed by atoms with E-state index in [0.717, 1.165) is 35.1 Å². The van der Waals surface area contributed by atoms with Crippen molar-refractivity contribution < 1.29 is 5.11 Å². The Morgan fingerprint density at radius 3 is 2.04 bits per heavy atom. The summed E-state index contributed by atoms with van der Waals surface area (Å²) in [6.07, 6.45) is 4.78. The molecular formula is C24H33N3O. The lowest BCUT2D eigenvalue weighted by molar-refractivity contribution is 0.130. The van der Waals surface area contributed by atoms with Crippen LogP contribution in [0.4, 0.5) is 0 Å². The summed E-state index contributed by atoms with van der Waals surface area (Å²) in [7, 11) is 0. The maximum atomic E-state index is 10.5. The Kier molecular flexibility index (Phi) is 6.50. The van der Waals surface area contributed by atoms with Gasteiger partial charge in [-0.3, -0.25) is 0 Å². The molecule has 0 saturated heterocycles. The molecule has 0 fully saturated rings. The second kappa shape index (κ2) is 8.87. The average Bonchev–Trinajstić information content (AvgIpc) is 3.09. The molecule has 2 aromatic carbocycles. The van der Waals surface area contributed by atoms with Gasteiger partial charge in [0.15, 0.2) is 0 Å². The van der Waals surface area contributed by atoms with Gasteiger partial charge < -0.3 is 5.11 Å². The van der Waals surface area contributed by atoms with Gasteiger partial charge in [0.2, 0.25) is 0 Å². The van der Waals surface area contributed by atoms with Crippen molar-refractivity contribution in [2.45, 2.75) is 65.9 Å². The van der Waals surface area contributed by atoms with Gasteiger partial charge in [0.1, 0.15) is 11.0 Å². The molecule has 4 nitrogen and oxygen atoms in total. The highest BCUT2D eigenvalue weighted by Gasteiger charge is 2.24. The first-order valence-electron chi connectivity index (χ1n) is 10.5. The molecule has 0 aliphatic carbocycles. The second-order valence-electron chi connectivity index (χ2n) is 8.93. The van der Waals surface area contributed by atoms with Gasteiger partial charge in [0.05, 0.1) is 11.8 Å². The monoisotopic (exact) mass is 379 g/mol. The van der Waals surface area contributed by atoms with Gasteiger partial charge >= 0.3 is 0 Å². The molecule has 0 bridgehead atoms. The zero-order chi connectivity index (χ0) is 20.1. The van der Waals surface area contributed by atoms with Crippen molar-refractivity contribution in [2.24, 2.45) is 11.3 Å². The van der Waals surface area contributed by atoms with Crippen molar-refractivity contribution >= 4 is 11.0 Å². The molecule has 2 atom stereocenters. The van der Waals surface area contributed by atoms with Crippen LogP contribution in [0.3, 0.4) is 0 Å². The molecule has 0 amide bonds. The molecule has 3 rings (SSSR count). The predicted molar refractivity (Wildman–Crippen MR) is 116 cm³/mol. The Labute approximate surface area is 168 Å². The standard InChI is InChI=1S/C24H33N3O/c1-5-8-19(24(2,3)4)13-16-21(28)17-18-11-14-20(15-12-18)27-25-22-9-6-7-10-23(22)26-27/h6-7,9-12,14-15,19,21,28H,5,8,13,16-17H2,1-4H3. The smallest absolute Gasteiger partial charge is 0.113 e. The van der Waals surface area contributed by atoms with Gasteiger partial charge in [-0.15, -0.1) is 10.2 Å². The molecule has 1 N–H and O–H groups in total. The molecule has 0 aliphatic heterocycles. The molecule has 150 valence electrons. The summed E-state index contributed by atoms with van der Waals surface area (Å²) in [6, 6.07) is 16.1. The molecular weight excluding hydrogens is 346 g/mol. The molecule has 0 radical (unpaired) electrons. The van der Waals surface area contributed by atoms with E-state index >= 15 is 0 Å². The molecule has 2 unspecified atom stereocenters. The van der Waals surface area contributed by atoms with Crippen molar-refractivity contribution in [1.29, 1.82) is 0 Å². The fourth-order valence-electron chi connectivity index (χ4n) is 3.87. The lowest BCUT2D eigenvalue weighted by Crippen LogP contribution is -2.22. The van der Waals surface area contributed by atoms with E-state index in [1.807, 2.05) is 36.4 Å². The number of benzene rings is 2. The number of rotatable bonds is 8. The van der Waals surface area contributed by atoms with E-state index in [0.29, 0.717) is 17.8 Å². The number of fused-ring (bicyclic) bond motifs is 1. The summed E-state index contributed by atoms with van der Waals surface area (Å²) in [4.78, 5) is 1.67. The molecule has 28 heavy (non-hydrogen) atoms. The third-order valence-corrected chi connectivity index (χ3v) is 5.64. The molecule has 0 spiro atoms. The summed E-state index contributed by atoms with van der Waals surface area (Å²) < 4.78 is 0. The minimum Gasteiger partial charge on any atom is -0.393 e. The van der Waals surface area contributed by atoms with Crippen molar-refractivity contribution in [1.82, 2.24) is 15.0 Å². The maximum absolute atomic E-state index is 10.5. The topological polar surface area (TPSA) is 50.9 Å². The fourth-order valence-corrected chi connectivity index (χ4v) is 3.87. The Hall–Kier alpha value is -2.20. The van der Waals surface area contributed by atoms with Crippen LogP contribution in [0, 0.1) is 11.3 Å². The van der Waals surface area contributed by atoms with Crippen LogP contribution in [0.15, 0.2) is 48.5 Å². The number of aliphatic hydroxyl groups excluding tert-OH is 1. The molecule has 0 saturated carbocycles. The van der Waals surface area contributed by atoms with E-state index in [1.54, 1.807) is 4.80 Å². The highest BCUT2D eigenvalue weighted by atomic mass is 16.3. The van der Waals surface area contributed by atoms with Crippen molar-refractivity contribution in [2.75, 3.05) is 0 Å². The van der Waals surface area contributed by atoms with Gasteiger partial charge in [-0.25, -0.2) is 0 Å². The van der Waals surface area contributed by atoms with Crippen LogP contribution in [0.1, 0.15) is 58.9 Å². The molecule has 0 aliphatic rings. The SMILES string of the molecule is CCCC(CCC(O)Cc1ccc(-n2nc3ccccc3n2)cc1)C(C)(C)C. The molecule has 1 aromatic heterocycles. The minimum atomic E-state index is -0.294. The van der Waals surface area contributed by atoms with Gasteiger partial charge in [-0.05, 0) is 60.4 Å². The highest BCUT2D eigenvalue weighted by molar-refractivity contribution is 5.73. The zero-order valence-electron chi connectivity index (χ0n) is 17.6. The lowest BCUT2D eigenvalue weighted by Gasteiger charge is -2.31. The van der Waals surface area contributed by atoms with Crippen molar-refractivity contribution in [3.05, 3.63) is 54.1 Å².